The molecule has 0 saturated carbocycles. The number of aromatic nitrogens is 1. The highest BCUT2D eigenvalue weighted by Gasteiger charge is 2.12. The van der Waals surface area contributed by atoms with E-state index >= 15 is 0 Å². The standard InChI is InChI=1S/C14H18N2O2/c1-3-18-13(17)7-10-8-16-14-11(9(2)15)5-4-6-12(10)14/h4-6,8-9,16H,3,7,15H2,1-2H3. The van der Waals surface area contributed by atoms with Crippen molar-refractivity contribution in [2.75, 3.05) is 6.61 Å². The zero-order valence-electron chi connectivity index (χ0n) is 10.7. The zero-order valence-corrected chi connectivity index (χ0v) is 10.7. The molecule has 1 atom stereocenters. The second kappa shape index (κ2) is 5.23. The van der Waals surface area contributed by atoms with Gasteiger partial charge in [0.25, 0.3) is 0 Å². The first kappa shape index (κ1) is 12.6. The lowest BCUT2D eigenvalue weighted by atomic mass is 10.0. The predicted molar refractivity (Wildman–Crippen MR) is 71.2 cm³/mol. The summed E-state index contributed by atoms with van der Waals surface area (Å²) in [6.45, 7) is 4.16. The maximum atomic E-state index is 11.5. The molecule has 96 valence electrons. The topological polar surface area (TPSA) is 68.1 Å². The molecule has 0 spiro atoms. The van der Waals surface area contributed by atoms with E-state index in [9.17, 15) is 4.79 Å². The molecule has 1 unspecified atom stereocenters. The van der Waals surface area contributed by atoms with Crippen molar-refractivity contribution >= 4 is 16.9 Å². The fraction of sp³-hybridized carbons (Fsp3) is 0.357. The SMILES string of the molecule is CCOC(=O)Cc1c[nH]c2c(C(C)N)cccc12. The van der Waals surface area contributed by atoms with Crippen LogP contribution in [0, 0.1) is 0 Å². The highest BCUT2D eigenvalue weighted by atomic mass is 16.5. The molecule has 2 rings (SSSR count). The Bertz CT molecular complexity index is 558. The monoisotopic (exact) mass is 246 g/mol. The van der Waals surface area contributed by atoms with Gasteiger partial charge < -0.3 is 15.5 Å². The number of esters is 1. The molecule has 2 aromatic rings. The van der Waals surface area contributed by atoms with Crippen LogP contribution in [0.15, 0.2) is 24.4 Å². The summed E-state index contributed by atoms with van der Waals surface area (Å²) in [4.78, 5) is 14.7. The third kappa shape index (κ3) is 2.38. The Hall–Kier alpha value is -1.81. The van der Waals surface area contributed by atoms with Crippen molar-refractivity contribution in [1.29, 1.82) is 0 Å². The van der Waals surface area contributed by atoms with Gasteiger partial charge in [0, 0.05) is 17.6 Å². The molecule has 0 saturated heterocycles. The molecular weight excluding hydrogens is 228 g/mol. The number of carbonyl (C=O) groups is 1. The number of hydrogen-bond acceptors (Lipinski definition) is 3. The van der Waals surface area contributed by atoms with Crippen molar-refractivity contribution in [2.24, 2.45) is 5.73 Å². The van der Waals surface area contributed by atoms with Crippen LogP contribution in [0.5, 0.6) is 0 Å². The Balaban J connectivity index is 2.37. The van der Waals surface area contributed by atoms with Gasteiger partial charge >= 0.3 is 5.97 Å². The molecule has 0 fully saturated rings. The van der Waals surface area contributed by atoms with Gasteiger partial charge in [0.15, 0.2) is 0 Å². The summed E-state index contributed by atoms with van der Waals surface area (Å²) in [5.41, 5.74) is 8.94. The van der Waals surface area contributed by atoms with Crippen LogP contribution >= 0.6 is 0 Å². The van der Waals surface area contributed by atoms with Gasteiger partial charge in [0.1, 0.15) is 0 Å². The van der Waals surface area contributed by atoms with E-state index in [1.807, 2.05) is 31.3 Å². The first-order chi connectivity index (χ1) is 8.63. The molecule has 1 aromatic heterocycles. The number of ether oxygens (including phenoxy) is 1. The molecule has 0 bridgehead atoms. The number of aromatic amines is 1. The maximum absolute atomic E-state index is 11.5. The smallest absolute Gasteiger partial charge is 0.310 e. The average Bonchev–Trinajstić information content (AvgIpc) is 2.72. The number of rotatable bonds is 4. The first-order valence-electron chi connectivity index (χ1n) is 6.13. The molecule has 0 aliphatic heterocycles. The van der Waals surface area contributed by atoms with Crippen LogP contribution in [0.1, 0.15) is 31.0 Å². The van der Waals surface area contributed by atoms with E-state index in [-0.39, 0.29) is 18.4 Å². The van der Waals surface area contributed by atoms with Gasteiger partial charge in [0.2, 0.25) is 0 Å². The van der Waals surface area contributed by atoms with Crippen molar-refractivity contribution in [3.8, 4) is 0 Å². The normalized spacial score (nSPS) is 12.6. The molecule has 18 heavy (non-hydrogen) atoms. The summed E-state index contributed by atoms with van der Waals surface area (Å²) in [7, 11) is 0. The second-order valence-corrected chi connectivity index (χ2v) is 4.35. The van der Waals surface area contributed by atoms with Crippen LogP contribution in [0.2, 0.25) is 0 Å². The number of hydrogen-bond donors (Lipinski definition) is 2. The van der Waals surface area contributed by atoms with Gasteiger partial charge in [-0.2, -0.15) is 0 Å². The van der Waals surface area contributed by atoms with E-state index in [1.165, 1.54) is 0 Å². The average molecular weight is 246 g/mol. The predicted octanol–water partition coefficient (Wildman–Crippen LogP) is 2.29. The molecule has 1 aromatic carbocycles. The largest absolute Gasteiger partial charge is 0.466 e. The van der Waals surface area contributed by atoms with Gasteiger partial charge in [-0.05, 0) is 25.0 Å². The van der Waals surface area contributed by atoms with Crippen LogP contribution in [-0.2, 0) is 16.0 Å². The molecule has 0 aliphatic rings. The van der Waals surface area contributed by atoms with E-state index in [0.29, 0.717) is 6.61 Å². The van der Waals surface area contributed by atoms with E-state index < -0.39 is 0 Å². The number of benzene rings is 1. The highest BCUT2D eigenvalue weighted by molar-refractivity contribution is 5.89. The number of H-pyrrole nitrogens is 1. The lowest BCUT2D eigenvalue weighted by Gasteiger charge is -2.07. The van der Waals surface area contributed by atoms with Crippen LogP contribution in [0.3, 0.4) is 0 Å². The Morgan fingerprint density at radius 1 is 1.50 bits per heavy atom. The fourth-order valence-electron chi connectivity index (χ4n) is 2.13. The number of carbonyl (C=O) groups excluding carboxylic acids is 1. The van der Waals surface area contributed by atoms with Crippen LogP contribution < -0.4 is 5.73 Å². The molecule has 0 aliphatic carbocycles. The van der Waals surface area contributed by atoms with Gasteiger partial charge in [-0.3, -0.25) is 4.79 Å². The minimum Gasteiger partial charge on any atom is -0.466 e. The van der Waals surface area contributed by atoms with Crippen molar-refractivity contribution in [3.63, 3.8) is 0 Å². The van der Waals surface area contributed by atoms with Crippen LogP contribution in [0.4, 0.5) is 0 Å². The summed E-state index contributed by atoms with van der Waals surface area (Å²) in [6, 6.07) is 5.91. The molecule has 4 nitrogen and oxygen atoms in total. The second-order valence-electron chi connectivity index (χ2n) is 4.35. The van der Waals surface area contributed by atoms with Crippen molar-refractivity contribution in [1.82, 2.24) is 4.98 Å². The molecule has 1 heterocycles. The van der Waals surface area contributed by atoms with Crippen LogP contribution in [-0.4, -0.2) is 17.6 Å². The number of nitrogens with one attached hydrogen (secondary N) is 1. The third-order valence-corrected chi connectivity index (χ3v) is 2.96. The maximum Gasteiger partial charge on any atom is 0.310 e. The Labute approximate surface area is 106 Å². The molecule has 3 N–H and O–H groups in total. The summed E-state index contributed by atoms with van der Waals surface area (Å²) in [5.74, 6) is -0.204. The van der Waals surface area contributed by atoms with E-state index in [1.54, 1.807) is 6.92 Å². The lowest BCUT2D eigenvalue weighted by molar-refractivity contribution is -0.142. The summed E-state index contributed by atoms with van der Waals surface area (Å²) in [5, 5.41) is 1.04. The minimum absolute atomic E-state index is 0.0391. The Kier molecular flexibility index (Phi) is 3.67. The third-order valence-electron chi connectivity index (χ3n) is 2.96. The Morgan fingerprint density at radius 2 is 2.28 bits per heavy atom. The minimum atomic E-state index is -0.204. The fourth-order valence-corrected chi connectivity index (χ4v) is 2.13. The molecular formula is C14H18N2O2. The molecule has 0 radical (unpaired) electrons. The number of para-hydroxylation sites is 1. The van der Waals surface area contributed by atoms with Gasteiger partial charge in [-0.25, -0.2) is 0 Å². The quantitative estimate of drug-likeness (QED) is 0.813. The van der Waals surface area contributed by atoms with Crippen molar-refractivity contribution in [3.05, 3.63) is 35.5 Å². The van der Waals surface area contributed by atoms with E-state index in [2.05, 4.69) is 4.98 Å². The summed E-state index contributed by atoms with van der Waals surface area (Å²) < 4.78 is 4.96. The molecule has 4 heteroatoms. The van der Waals surface area contributed by atoms with Gasteiger partial charge in [-0.15, -0.1) is 0 Å². The van der Waals surface area contributed by atoms with Crippen molar-refractivity contribution < 1.29 is 9.53 Å². The first-order valence-corrected chi connectivity index (χ1v) is 6.13. The number of nitrogens with two attached hydrogens (primary N) is 1. The highest BCUT2D eigenvalue weighted by Crippen LogP contribution is 2.25. The summed E-state index contributed by atoms with van der Waals surface area (Å²) in [6.07, 6.45) is 2.14. The number of fused-ring (bicyclic) bond motifs is 1. The van der Waals surface area contributed by atoms with E-state index in [0.717, 1.165) is 22.0 Å². The Morgan fingerprint density at radius 3 is 2.94 bits per heavy atom. The van der Waals surface area contributed by atoms with Crippen LogP contribution in [0.25, 0.3) is 10.9 Å². The zero-order chi connectivity index (χ0) is 13.1. The van der Waals surface area contributed by atoms with E-state index in [4.69, 9.17) is 10.5 Å². The lowest BCUT2D eigenvalue weighted by Crippen LogP contribution is -2.07. The van der Waals surface area contributed by atoms with Gasteiger partial charge in [-0.1, -0.05) is 18.2 Å². The van der Waals surface area contributed by atoms with Crippen molar-refractivity contribution in [2.45, 2.75) is 26.3 Å². The molecule has 0 amide bonds. The summed E-state index contributed by atoms with van der Waals surface area (Å²) >= 11 is 0. The van der Waals surface area contributed by atoms with Gasteiger partial charge in [0.05, 0.1) is 18.5 Å².